The minimum absolute atomic E-state index is 0.0975. The number of carbonyl (C=O) groups excluding carboxylic acids is 1. The van der Waals surface area contributed by atoms with Gasteiger partial charge in [-0.15, -0.1) is 0 Å². The molecule has 5 nitrogen and oxygen atoms in total. The third-order valence-electron chi connectivity index (χ3n) is 4.78. The fraction of sp³-hybridized carbons (Fsp3) is 0.750. The Kier molecular flexibility index (Phi) is 5.79. The monoisotopic (exact) mass is 294 g/mol. The van der Waals surface area contributed by atoms with Crippen LogP contribution in [0.15, 0.2) is 12.2 Å². The van der Waals surface area contributed by atoms with E-state index >= 15 is 0 Å². The predicted octanol–water partition coefficient (Wildman–Crippen LogP) is 1.50. The van der Waals surface area contributed by atoms with Crippen LogP contribution in [0.4, 0.5) is 0 Å². The van der Waals surface area contributed by atoms with E-state index in [4.69, 9.17) is 0 Å². The van der Waals surface area contributed by atoms with E-state index < -0.39 is 17.8 Å². The molecule has 1 saturated heterocycles. The summed E-state index contributed by atoms with van der Waals surface area (Å²) >= 11 is 0. The van der Waals surface area contributed by atoms with Gasteiger partial charge < -0.3 is 15.3 Å². The number of hydrogen-bond acceptors (Lipinski definition) is 3. The van der Waals surface area contributed by atoms with E-state index in [1.54, 1.807) is 0 Å². The maximum atomic E-state index is 12.2. The predicted molar refractivity (Wildman–Crippen MR) is 80.8 cm³/mol. The molecule has 2 aliphatic rings. The summed E-state index contributed by atoms with van der Waals surface area (Å²) in [5, 5.41) is 12.1. The Morgan fingerprint density at radius 2 is 1.81 bits per heavy atom. The van der Waals surface area contributed by atoms with Crippen LogP contribution in [-0.4, -0.2) is 48.6 Å². The zero-order valence-corrected chi connectivity index (χ0v) is 12.8. The average molecular weight is 294 g/mol. The van der Waals surface area contributed by atoms with Crippen molar-refractivity contribution in [3.8, 4) is 0 Å². The van der Waals surface area contributed by atoms with Gasteiger partial charge in [0.25, 0.3) is 0 Å². The van der Waals surface area contributed by atoms with E-state index in [1.807, 2.05) is 12.2 Å². The normalized spacial score (nSPS) is 27.5. The van der Waals surface area contributed by atoms with Crippen LogP contribution < -0.4 is 5.32 Å². The van der Waals surface area contributed by atoms with E-state index in [1.165, 1.54) is 12.8 Å². The summed E-state index contributed by atoms with van der Waals surface area (Å²) in [6.45, 7) is 2.93. The third kappa shape index (κ3) is 4.56. The van der Waals surface area contributed by atoms with Crippen LogP contribution in [0.2, 0.25) is 0 Å². The lowest BCUT2D eigenvalue weighted by atomic mass is 9.82. The molecule has 1 aliphatic carbocycles. The minimum atomic E-state index is -0.866. The van der Waals surface area contributed by atoms with Crippen molar-refractivity contribution in [3.63, 3.8) is 0 Å². The molecule has 0 aromatic heterocycles. The standard InChI is InChI=1S/C16H26N2O3/c1-18-10-7-12(8-11-18)6-9-17-15(19)13-4-2-3-5-14(13)16(20)21/h2-3,12-14H,4-11H2,1H3,(H,17,19)(H,20,21). The van der Waals surface area contributed by atoms with Gasteiger partial charge in [-0.25, -0.2) is 0 Å². The van der Waals surface area contributed by atoms with Crippen molar-refractivity contribution >= 4 is 11.9 Å². The SMILES string of the molecule is CN1CCC(CCNC(=O)C2CC=CCC2C(=O)O)CC1. The third-order valence-corrected chi connectivity index (χ3v) is 4.78. The van der Waals surface area contributed by atoms with Crippen molar-refractivity contribution in [2.45, 2.75) is 32.1 Å². The topological polar surface area (TPSA) is 69.6 Å². The van der Waals surface area contributed by atoms with E-state index in [9.17, 15) is 14.7 Å². The van der Waals surface area contributed by atoms with Gasteiger partial charge in [-0.05, 0) is 58.2 Å². The number of aliphatic carboxylic acids is 1. The molecule has 2 N–H and O–H groups in total. The number of allylic oxidation sites excluding steroid dienone is 2. The molecule has 0 spiro atoms. The van der Waals surface area contributed by atoms with Crippen molar-refractivity contribution in [2.75, 3.05) is 26.7 Å². The highest BCUT2D eigenvalue weighted by Gasteiger charge is 2.33. The molecule has 2 unspecified atom stereocenters. The zero-order chi connectivity index (χ0) is 15.2. The number of hydrogen-bond donors (Lipinski definition) is 2. The van der Waals surface area contributed by atoms with E-state index in [0.717, 1.165) is 19.5 Å². The Balaban J connectivity index is 1.73. The minimum Gasteiger partial charge on any atom is -0.481 e. The smallest absolute Gasteiger partial charge is 0.307 e. The van der Waals surface area contributed by atoms with Gasteiger partial charge in [0.1, 0.15) is 0 Å². The molecule has 2 atom stereocenters. The van der Waals surface area contributed by atoms with E-state index in [-0.39, 0.29) is 5.91 Å². The number of nitrogens with zero attached hydrogens (tertiary/aromatic N) is 1. The van der Waals surface area contributed by atoms with Crippen LogP contribution in [0.5, 0.6) is 0 Å². The van der Waals surface area contributed by atoms with Gasteiger partial charge in [0.05, 0.1) is 11.8 Å². The lowest BCUT2D eigenvalue weighted by molar-refractivity contribution is -0.147. The van der Waals surface area contributed by atoms with Gasteiger partial charge in [0, 0.05) is 6.54 Å². The molecule has 1 amide bonds. The van der Waals surface area contributed by atoms with Gasteiger partial charge in [-0.3, -0.25) is 9.59 Å². The summed E-state index contributed by atoms with van der Waals surface area (Å²) in [6, 6.07) is 0. The molecule has 1 heterocycles. The highest BCUT2D eigenvalue weighted by Crippen LogP contribution is 2.26. The summed E-state index contributed by atoms with van der Waals surface area (Å²) in [4.78, 5) is 25.7. The Bertz CT molecular complexity index is 400. The first kappa shape index (κ1) is 16.0. The molecular formula is C16H26N2O3. The highest BCUT2D eigenvalue weighted by molar-refractivity contribution is 5.85. The van der Waals surface area contributed by atoms with Crippen LogP contribution in [-0.2, 0) is 9.59 Å². The molecule has 0 aromatic rings. The average Bonchev–Trinajstić information content (AvgIpc) is 2.49. The second-order valence-corrected chi connectivity index (χ2v) is 6.32. The summed E-state index contributed by atoms with van der Waals surface area (Å²) < 4.78 is 0. The van der Waals surface area contributed by atoms with Gasteiger partial charge in [0.15, 0.2) is 0 Å². The first-order chi connectivity index (χ1) is 10.1. The van der Waals surface area contributed by atoms with Crippen molar-refractivity contribution in [2.24, 2.45) is 17.8 Å². The molecule has 1 fully saturated rings. The number of carboxylic acid groups (broad SMARTS) is 1. The van der Waals surface area contributed by atoms with Gasteiger partial charge >= 0.3 is 5.97 Å². The largest absolute Gasteiger partial charge is 0.481 e. The molecule has 0 saturated carbocycles. The first-order valence-electron chi connectivity index (χ1n) is 7.92. The van der Waals surface area contributed by atoms with Crippen molar-refractivity contribution in [1.82, 2.24) is 10.2 Å². The number of piperidine rings is 1. The lowest BCUT2D eigenvalue weighted by Crippen LogP contribution is -2.40. The first-order valence-corrected chi connectivity index (χ1v) is 7.92. The quantitative estimate of drug-likeness (QED) is 0.754. The van der Waals surface area contributed by atoms with Crippen molar-refractivity contribution in [1.29, 1.82) is 0 Å². The molecule has 2 rings (SSSR count). The number of carboxylic acids is 1. The summed E-state index contributed by atoms with van der Waals surface area (Å²) in [5.41, 5.74) is 0. The van der Waals surface area contributed by atoms with Crippen LogP contribution in [0.1, 0.15) is 32.1 Å². The molecule has 21 heavy (non-hydrogen) atoms. The number of amides is 1. The van der Waals surface area contributed by atoms with Crippen molar-refractivity contribution in [3.05, 3.63) is 12.2 Å². The Hall–Kier alpha value is -1.36. The summed E-state index contributed by atoms with van der Waals surface area (Å²) in [5.74, 6) is -1.26. The molecule has 118 valence electrons. The Labute approximate surface area is 126 Å². The maximum Gasteiger partial charge on any atom is 0.307 e. The van der Waals surface area contributed by atoms with Gasteiger partial charge in [-0.1, -0.05) is 12.2 Å². The molecule has 0 bridgehead atoms. The second kappa shape index (κ2) is 7.59. The van der Waals surface area contributed by atoms with Gasteiger partial charge in [0.2, 0.25) is 5.91 Å². The molecule has 0 radical (unpaired) electrons. The number of likely N-dealkylation sites (tertiary alicyclic amines) is 1. The number of nitrogens with one attached hydrogen (secondary N) is 1. The van der Waals surface area contributed by atoms with Crippen molar-refractivity contribution < 1.29 is 14.7 Å². The maximum absolute atomic E-state index is 12.2. The van der Waals surface area contributed by atoms with Gasteiger partial charge in [-0.2, -0.15) is 0 Å². The molecule has 0 aromatic carbocycles. The molecule has 1 aliphatic heterocycles. The number of carbonyl (C=O) groups is 2. The highest BCUT2D eigenvalue weighted by atomic mass is 16.4. The zero-order valence-electron chi connectivity index (χ0n) is 12.8. The van der Waals surface area contributed by atoms with Crippen LogP contribution >= 0.6 is 0 Å². The second-order valence-electron chi connectivity index (χ2n) is 6.32. The fourth-order valence-corrected chi connectivity index (χ4v) is 3.26. The van der Waals surface area contributed by atoms with E-state index in [0.29, 0.717) is 25.3 Å². The summed E-state index contributed by atoms with van der Waals surface area (Å²) in [6.07, 6.45) is 8.16. The fourth-order valence-electron chi connectivity index (χ4n) is 3.26. The Morgan fingerprint density at radius 1 is 1.19 bits per heavy atom. The lowest BCUT2D eigenvalue weighted by Gasteiger charge is -2.29. The molecular weight excluding hydrogens is 268 g/mol. The van der Waals surface area contributed by atoms with Crippen LogP contribution in [0.25, 0.3) is 0 Å². The molecule has 5 heteroatoms. The summed E-state index contributed by atoms with van der Waals surface area (Å²) in [7, 11) is 2.14. The van der Waals surface area contributed by atoms with Crippen LogP contribution in [0.3, 0.4) is 0 Å². The van der Waals surface area contributed by atoms with E-state index in [2.05, 4.69) is 17.3 Å². The Morgan fingerprint density at radius 3 is 2.43 bits per heavy atom. The number of rotatable bonds is 5. The van der Waals surface area contributed by atoms with Crippen LogP contribution in [0, 0.1) is 17.8 Å².